The number of hydrogen-bond donors (Lipinski definition) is 1. The van der Waals surface area contributed by atoms with Crippen LogP contribution in [-0.2, 0) is 9.59 Å². The van der Waals surface area contributed by atoms with Gasteiger partial charge in [-0.1, -0.05) is 23.7 Å². The molecule has 0 spiro atoms. The number of carbonyl (C=O) groups is 3. The first-order valence-electron chi connectivity index (χ1n) is 8.41. The van der Waals surface area contributed by atoms with Gasteiger partial charge in [0.2, 0.25) is 0 Å². The van der Waals surface area contributed by atoms with Gasteiger partial charge in [0.1, 0.15) is 11.3 Å². The molecule has 1 aliphatic heterocycles. The predicted molar refractivity (Wildman–Crippen MR) is 111 cm³/mol. The molecule has 1 heterocycles. The Labute approximate surface area is 175 Å². The molecule has 2 aromatic rings. The summed E-state index contributed by atoms with van der Waals surface area (Å²) >= 11 is 9.42. The third kappa shape index (κ3) is 3.95. The number of amides is 4. The number of nitrogens with one attached hydrogen (secondary N) is 1. The minimum Gasteiger partial charge on any atom is -0.493 e. The van der Waals surface area contributed by atoms with Crippen molar-refractivity contribution in [2.45, 2.75) is 13.8 Å². The normalized spacial score (nSPS) is 15.8. The van der Waals surface area contributed by atoms with Crippen LogP contribution in [0.3, 0.4) is 0 Å². The Morgan fingerprint density at radius 3 is 2.61 bits per heavy atom. The number of hydrogen-bond acceptors (Lipinski definition) is 4. The minimum atomic E-state index is -0.814. The van der Waals surface area contributed by atoms with Crippen molar-refractivity contribution in [3.63, 3.8) is 0 Å². The van der Waals surface area contributed by atoms with Crippen molar-refractivity contribution in [3.05, 3.63) is 62.6 Å². The van der Waals surface area contributed by atoms with Crippen molar-refractivity contribution in [1.82, 2.24) is 5.32 Å². The van der Waals surface area contributed by atoms with E-state index in [4.69, 9.17) is 16.3 Å². The highest BCUT2D eigenvalue weighted by molar-refractivity contribution is 9.10. The van der Waals surface area contributed by atoms with Gasteiger partial charge in [-0.25, -0.2) is 9.69 Å². The standard InChI is InChI=1S/C20H16BrClN2O4/c1-3-28-17-7-5-12(9-15(17)21)8-14-18(25)23-20(27)24(19(14)26)16-10-13(22)6-4-11(16)2/h4-10H,3H2,1-2H3,(H,23,25,27)/b14-8+. The fourth-order valence-corrected chi connectivity index (χ4v) is 3.42. The molecular weight excluding hydrogens is 448 g/mol. The lowest BCUT2D eigenvalue weighted by molar-refractivity contribution is -0.122. The van der Waals surface area contributed by atoms with E-state index in [1.54, 1.807) is 37.3 Å². The zero-order valence-electron chi connectivity index (χ0n) is 15.1. The number of barbiturate groups is 1. The maximum Gasteiger partial charge on any atom is 0.335 e. The average molecular weight is 464 g/mol. The number of ether oxygens (including phenoxy) is 1. The Bertz CT molecular complexity index is 1020. The van der Waals surface area contributed by atoms with Crippen LogP contribution in [0.25, 0.3) is 6.08 Å². The molecular formula is C20H16BrClN2O4. The third-order valence-corrected chi connectivity index (χ3v) is 4.94. The van der Waals surface area contributed by atoms with Crippen LogP contribution in [0.1, 0.15) is 18.1 Å². The van der Waals surface area contributed by atoms with Crippen molar-refractivity contribution < 1.29 is 19.1 Å². The number of imide groups is 2. The van der Waals surface area contributed by atoms with E-state index in [9.17, 15) is 14.4 Å². The first kappa shape index (κ1) is 20.1. The summed E-state index contributed by atoms with van der Waals surface area (Å²) in [5.41, 5.74) is 1.44. The van der Waals surface area contributed by atoms with E-state index in [2.05, 4.69) is 21.2 Å². The molecule has 0 saturated carbocycles. The summed E-state index contributed by atoms with van der Waals surface area (Å²) in [5, 5.41) is 2.58. The lowest BCUT2D eigenvalue weighted by Crippen LogP contribution is -2.54. The summed E-state index contributed by atoms with van der Waals surface area (Å²) < 4.78 is 6.14. The summed E-state index contributed by atoms with van der Waals surface area (Å²) in [6, 6.07) is 9.22. The van der Waals surface area contributed by atoms with Gasteiger partial charge in [0.05, 0.1) is 16.8 Å². The summed E-state index contributed by atoms with van der Waals surface area (Å²) in [4.78, 5) is 38.5. The molecule has 0 unspecified atom stereocenters. The molecule has 1 saturated heterocycles. The summed E-state index contributed by atoms with van der Waals surface area (Å²) in [6.45, 7) is 4.13. The van der Waals surface area contributed by atoms with Crippen molar-refractivity contribution >= 4 is 57.1 Å². The second-order valence-electron chi connectivity index (χ2n) is 6.01. The van der Waals surface area contributed by atoms with Gasteiger partial charge in [0.25, 0.3) is 11.8 Å². The van der Waals surface area contributed by atoms with Crippen molar-refractivity contribution in [2.24, 2.45) is 0 Å². The summed E-state index contributed by atoms with van der Waals surface area (Å²) in [6.07, 6.45) is 1.43. The maximum atomic E-state index is 13.0. The molecule has 0 atom stereocenters. The number of rotatable bonds is 4. The van der Waals surface area contributed by atoms with Gasteiger partial charge in [0, 0.05) is 5.02 Å². The number of aryl methyl sites for hydroxylation is 1. The van der Waals surface area contributed by atoms with Crippen LogP contribution >= 0.6 is 27.5 Å². The predicted octanol–water partition coefficient (Wildman–Crippen LogP) is 4.48. The highest BCUT2D eigenvalue weighted by Gasteiger charge is 2.37. The molecule has 0 aliphatic carbocycles. The molecule has 1 aliphatic rings. The largest absolute Gasteiger partial charge is 0.493 e. The SMILES string of the molecule is CCOc1ccc(/C=C2\C(=O)NC(=O)N(c3cc(Cl)ccc3C)C2=O)cc1Br. The van der Waals surface area contributed by atoms with E-state index in [0.717, 1.165) is 4.90 Å². The molecule has 0 radical (unpaired) electrons. The van der Waals surface area contributed by atoms with Crippen LogP contribution in [0.5, 0.6) is 5.75 Å². The van der Waals surface area contributed by atoms with Crippen molar-refractivity contribution in [2.75, 3.05) is 11.5 Å². The van der Waals surface area contributed by atoms with E-state index in [-0.39, 0.29) is 5.57 Å². The van der Waals surface area contributed by atoms with Crippen LogP contribution < -0.4 is 15.0 Å². The van der Waals surface area contributed by atoms with Crippen LogP contribution in [0.2, 0.25) is 5.02 Å². The first-order chi connectivity index (χ1) is 13.3. The number of benzene rings is 2. The van der Waals surface area contributed by atoms with Gasteiger partial charge in [-0.2, -0.15) is 0 Å². The topological polar surface area (TPSA) is 75.7 Å². The molecule has 144 valence electrons. The minimum absolute atomic E-state index is 0.157. The first-order valence-corrected chi connectivity index (χ1v) is 9.59. The second kappa shape index (κ2) is 8.16. The molecule has 1 N–H and O–H groups in total. The molecule has 1 fully saturated rings. The van der Waals surface area contributed by atoms with E-state index >= 15 is 0 Å². The average Bonchev–Trinajstić information content (AvgIpc) is 2.63. The molecule has 4 amide bonds. The van der Waals surface area contributed by atoms with E-state index in [1.165, 1.54) is 12.1 Å². The van der Waals surface area contributed by atoms with Gasteiger partial charge in [-0.3, -0.25) is 14.9 Å². The Morgan fingerprint density at radius 1 is 1.18 bits per heavy atom. The highest BCUT2D eigenvalue weighted by atomic mass is 79.9. The van der Waals surface area contributed by atoms with E-state index in [0.29, 0.717) is 38.7 Å². The lowest BCUT2D eigenvalue weighted by Gasteiger charge is -2.27. The van der Waals surface area contributed by atoms with Crippen molar-refractivity contribution in [1.29, 1.82) is 0 Å². The van der Waals surface area contributed by atoms with Gasteiger partial charge in [-0.05, 0) is 71.2 Å². The number of nitrogens with zero attached hydrogens (tertiary/aromatic N) is 1. The zero-order chi connectivity index (χ0) is 20.4. The quantitative estimate of drug-likeness (QED) is 0.536. The zero-order valence-corrected chi connectivity index (χ0v) is 17.4. The van der Waals surface area contributed by atoms with Crippen LogP contribution in [0.4, 0.5) is 10.5 Å². The highest BCUT2D eigenvalue weighted by Crippen LogP contribution is 2.30. The molecule has 28 heavy (non-hydrogen) atoms. The number of carbonyl (C=O) groups excluding carboxylic acids is 3. The summed E-state index contributed by atoms with van der Waals surface area (Å²) in [5.74, 6) is -0.824. The summed E-state index contributed by atoms with van der Waals surface area (Å²) in [7, 11) is 0. The van der Waals surface area contributed by atoms with Crippen LogP contribution in [0.15, 0.2) is 46.4 Å². The smallest absolute Gasteiger partial charge is 0.335 e. The molecule has 0 aromatic heterocycles. The Balaban J connectivity index is 2.01. The molecule has 0 bridgehead atoms. The molecule has 8 heteroatoms. The van der Waals surface area contributed by atoms with E-state index in [1.807, 2.05) is 6.92 Å². The van der Waals surface area contributed by atoms with Gasteiger partial charge in [-0.15, -0.1) is 0 Å². The molecule has 3 rings (SSSR count). The van der Waals surface area contributed by atoms with Crippen LogP contribution in [-0.4, -0.2) is 24.5 Å². The maximum absolute atomic E-state index is 13.0. The van der Waals surface area contributed by atoms with E-state index < -0.39 is 17.8 Å². The van der Waals surface area contributed by atoms with Gasteiger partial charge in [0.15, 0.2) is 0 Å². The Kier molecular flexibility index (Phi) is 5.86. The Morgan fingerprint density at radius 2 is 1.93 bits per heavy atom. The monoisotopic (exact) mass is 462 g/mol. The fourth-order valence-electron chi connectivity index (χ4n) is 2.75. The van der Waals surface area contributed by atoms with Gasteiger partial charge >= 0.3 is 6.03 Å². The Hall–Kier alpha value is -2.64. The van der Waals surface area contributed by atoms with Gasteiger partial charge < -0.3 is 4.74 Å². The van der Waals surface area contributed by atoms with Crippen molar-refractivity contribution in [3.8, 4) is 5.75 Å². The molecule has 2 aromatic carbocycles. The number of halogens is 2. The number of urea groups is 1. The molecule has 6 nitrogen and oxygen atoms in total. The van der Waals surface area contributed by atoms with Crippen LogP contribution in [0, 0.1) is 6.92 Å². The second-order valence-corrected chi connectivity index (χ2v) is 7.30. The lowest BCUT2D eigenvalue weighted by atomic mass is 10.1. The third-order valence-electron chi connectivity index (χ3n) is 4.08. The number of anilines is 1. The fraction of sp³-hybridized carbons (Fsp3) is 0.150.